The summed E-state index contributed by atoms with van der Waals surface area (Å²) < 4.78 is 33.9. The fraction of sp³-hybridized carbons (Fsp3) is 0.310. The van der Waals surface area contributed by atoms with Crippen molar-refractivity contribution in [3.63, 3.8) is 0 Å². The van der Waals surface area contributed by atoms with Crippen LogP contribution in [0, 0.1) is 6.92 Å². The fourth-order valence-corrected chi connectivity index (χ4v) is 5.49. The Labute approximate surface area is 235 Å². The van der Waals surface area contributed by atoms with Crippen LogP contribution in [0.15, 0.2) is 77.7 Å². The predicted molar refractivity (Wildman–Crippen MR) is 153 cm³/mol. The lowest BCUT2D eigenvalue weighted by Crippen LogP contribution is -2.52. The van der Waals surface area contributed by atoms with Crippen molar-refractivity contribution < 1.29 is 22.7 Å². The number of anilines is 1. The summed E-state index contributed by atoms with van der Waals surface area (Å²) in [5, 5.41) is 3.23. The van der Waals surface area contributed by atoms with Crippen LogP contribution in [0.4, 0.5) is 5.69 Å². The van der Waals surface area contributed by atoms with E-state index in [0.717, 1.165) is 15.4 Å². The third kappa shape index (κ3) is 7.74. The molecule has 0 radical (unpaired) electrons. The minimum atomic E-state index is -4.15. The average molecular weight is 572 g/mol. The van der Waals surface area contributed by atoms with E-state index >= 15 is 0 Å². The quantitative estimate of drug-likeness (QED) is 0.357. The molecule has 1 unspecified atom stereocenters. The Hall–Kier alpha value is -3.56. The third-order valence-electron chi connectivity index (χ3n) is 6.08. The second-order valence-corrected chi connectivity index (χ2v) is 11.8. The number of halogens is 1. The smallest absolute Gasteiger partial charge is 0.264 e. The highest BCUT2D eigenvalue weighted by molar-refractivity contribution is 7.92. The van der Waals surface area contributed by atoms with Gasteiger partial charge in [0.05, 0.1) is 17.7 Å². The van der Waals surface area contributed by atoms with Crippen molar-refractivity contribution >= 4 is 39.1 Å². The Kier molecular flexibility index (Phi) is 9.99. The number of amides is 2. The topological polar surface area (TPSA) is 96.0 Å². The first-order valence-electron chi connectivity index (χ1n) is 12.5. The molecule has 0 saturated heterocycles. The second kappa shape index (κ2) is 13.0. The number of nitrogens with zero attached hydrogens (tertiary/aromatic N) is 2. The molecule has 1 N–H and O–H groups in total. The molecule has 0 aliphatic carbocycles. The summed E-state index contributed by atoms with van der Waals surface area (Å²) in [6.07, 6.45) is 0. The largest absolute Gasteiger partial charge is 0.497 e. The van der Waals surface area contributed by atoms with Gasteiger partial charge in [-0.1, -0.05) is 35.9 Å². The third-order valence-corrected chi connectivity index (χ3v) is 8.12. The lowest BCUT2D eigenvalue weighted by atomic mass is 10.1. The van der Waals surface area contributed by atoms with E-state index in [2.05, 4.69) is 5.32 Å². The van der Waals surface area contributed by atoms with Gasteiger partial charge in [-0.15, -0.1) is 0 Å². The van der Waals surface area contributed by atoms with E-state index in [-0.39, 0.29) is 23.4 Å². The van der Waals surface area contributed by atoms with Crippen molar-refractivity contribution in [2.45, 2.75) is 51.2 Å². The van der Waals surface area contributed by atoms with Gasteiger partial charge < -0.3 is 15.0 Å². The fourth-order valence-electron chi connectivity index (χ4n) is 3.96. The molecule has 8 nitrogen and oxygen atoms in total. The standard InChI is InChI=1S/C29H34ClN3O5S/c1-20(2)31-29(35)22(4)32(18-23-9-13-26(38-5)14-10-23)28(34)19-33(25-8-6-7-21(3)17-25)39(36,37)27-15-11-24(30)12-16-27/h6-17,20,22H,18-19H2,1-5H3,(H,31,35). The average Bonchev–Trinajstić information content (AvgIpc) is 2.90. The molecule has 2 amide bonds. The molecule has 0 bridgehead atoms. The highest BCUT2D eigenvalue weighted by Gasteiger charge is 2.32. The maximum atomic E-state index is 13.9. The number of rotatable bonds is 11. The van der Waals surface area contributed by atoms with Gasteiger partial charge >= 0.3 is 0 Å². The summed E-state index contributed by atoms with van der Waals surface area (Å²) in [5.41, 5.74) is 1.93. The van der Waals surface area contributed by atoms with E-state index < -0.39 is 28.5 Å². The molecule has 3 aromatic carbocycles. The van der Waals surface area contributed by atoms with Gasteiger partial charge in [-0.3, -0.25) is 13.9 Å². The zero-order chi connectivity index (χ0) is 28.7. The molecule has 0 saturated carbocycles. The monoisotopic (exact) mass is 571 g/mol. The van der Waals surface area contributed by atoms with E-state index in [0.29, 0.717) is 16.5 Å². The Morgan fingerprint density at radius 2 is 1.62 bits per heavy atom. The number of sulfonamides is 1. The van der Waals surface area contributed by atoms with Crippen LogP contribution in [0.2, 0.25) is 5.02 Å². The Bertz CT molecular complexity index is 1390. The lowest BCUT2D eigenvalue weighted by molar-refractivity contribution is -0.139. The number of hydrogen-bond acceptors (Lipinski definition) is 5. The van der Waals surface area contributed by atoms with Crippen molar-refractivity contribution in [1.82, 2.24) is 10.2 Å². The zero-order valence-corrected chi connectivity index (χ0v) is 24.3. The summed E-state index contributed by atoms with van der Waals surface area (Å²) in [4.78, 5) is 28.3. The summed E-state index contributed by atoms with van der Waals surface area (Å²) in [6, 6.07) is 18.8. The molecule has 0 spiro atoms. The van der Waals surface area contributed by atoms with Crippen LogP contribution in [0.3, 0.4) is 0 Å². The van der Waals surface area contributed by atoms with Crippen LogP contribution in [0.25, 0.3) is 0 Å². The highest BCUT2D eigenvalue weighted by atomic mass is 35.5. The number of carbonyl (C=O) groups is 2. The molecule has 1 atom stereocenters. The molecular formula is C29H34ClN3O5S. The summed E-state index contributed by atoms with van der Waals surface area (Å²) >= 11 is 5.99. The van der Waals surface area contributed by atoms with Crippen LogP contribution >= 0.6 is 11.6 Å². The van der Waals surface area contributed by atoms with Gasteiger partial charge in [-0.05, 0) is 87.4 Å². The zero-order valence-electron chi connectivity index (χ0n) is 22.7. The maximum Gasteiger partial charge on any atom is 0.264 e. The lowest BCUT2D eigenvalue weighted by Gasteiger charge is -2.32. The predicted octanol–water partition coefficient (Wildman–Crippen LogP) is 4.79. The first-order valence-corrected chi connectivity index (χ1v) is 14.3. The maximum absolute atomic E-state index is 13.9. The van der Waals surface area contributed by atoms with E-state index in [1.54, 1.807) is 56.5 Å². The van der Waals surface area contributed by atoms with Crippen LogP contribution < -0.4 is 14.4 Å². The molecule has 0 aliphatic heterocycles. The number of ether oxygens (including phenoxy) is 1. The number of nitrogens with one attached hydrogen (secondary N) is 1. The van der Waals surface area contributed by atoms with Gasteiger partial charge in [-0.2, -0.15) is 0 Å². The summed E-state index contributed by atoms with van der Waals surface area (Å²) in [7, 11) is -2.59. The van der Waals surface area contributed by atoms with Crippen LogP contribution in [0.5, 0.6) is 5.75 Å². The van der Waals surface area contributed by atoms with Gasteiger partial charge in [0.2, 0.25) is 11.8 Å². The molecule has 3 rings (SSSR count). The first-order chi connectivity index (χ1) is 18.4. The van der Waals surface area contributed by atoms with E-state index in [1.807, 2.05) is 26.8 Å². The summed E-state index contributed by atoms with van der Waals surface area (Å²) in [6.45, 7) is 6.72. The number of benzene rings is 3. The SMILES string of the molecule is COc1ccc(CN(C(=O)CN(c2cccc(C)c2)S(=O)(=O)c2ccc(Cl)cc2)C(C)C(=O)NC(C)C)cc1. The van der Waals surface area contributed by atoms with E-state index in [9.17, 15) is 18.0 Å². The molecule has 0 fully saturated rings. The number of carbonyl (C=O) groups excluding carboxylic acids is 2. The minimum absolute atomic E-state index is 0.00601. The Morgan fingerprint density at radius 1 is 0.974 bits per heavy atom. The highest BCUT2D eigenvalue weighted by Crippen LogP contribution is 2.26. The van der Waals surface area contributed by atoms with Crippen molar-refractivity contribution in [1.29, 1.82) is 0 Å². The number of methoxy groups -OCH3 is 1. The molecule has 3 aromatic rings. The van der Waals surface area contributed by atoms with Gasteiger partial charge in [-0.25, -0.2) is 8.42 Å². The van der Waals surface area contributed by atoms with Crippen molar-refractivity contribution in [2.75, 3.05) is 18.0 Å². The van der Waals surface area contributed by atoms with E-state index in [1.165, 1.54) is 29.2 Å². The van der Waals surface area contributed by atoms with Crippen molar-refractivity contribution in [2.24, 2.45) is 0 Å². The summed E-state index contributed by atoms with van der Waals surface area (Å²) in [5.74, 6) is -0.215. The van der Waals surface area contributed by atoms with Gasteiger partial charge in [0.1, 0.15) is 18.3 Å². The van der Waals surface area contributed by atoms with Gasteiger partial charge in [0.15, 0.2) is 0 Å². The number of aryl methyl sites for hydroxylation is 1. The minimum Gasteiger partial charge on any atom is -0.497 e. The first kappa shape index (κ1) is 30.0. The van der Waals surface area contributed by atoms with Gasteiger partial charge in [0, 0.05) is 17.6 Å². The van der Waals surface area contributed by atoms with Crippen LogP contribution in [0.1, 0.15) is 31.9 Å². The normalized spacial score (nSPS) is 12.1. The van der Waals surface area contributed by atoms with Crippen LogP contribution in [-0.4, -0.2) is 50.9 Å². The molecule has 0 heterocycles. The van der Waals surface area contributed by atoms with Crippen molar-refractivity contribution in [3.05, 3.63) is 88.9 Å². The molecule has 39 heavy (non-hydrogen) atoms. The Balaban J connectivity index is 2.02. The number of hydrogen-bond donors (Lipinski definition) is 1. The second-order valence-electron chi connectivity index (χ2n) is 9.51. The molecule has 208 valence electrons. The molecule has 0 aromatic heterocycles. The molecule has 10 heteroatoms. The Morgan fingerprint density at radius 3 is 2.18 bits per heavy atom. The molecule has 0 aliphatic rings. The van der Waals surface area contributed by atoms with E-state index in [4.69, 9.17) is 16.3 Å². The van der Waals surface area contributed by atoms with Crippen molar-refractivity contribution in [3.8, 4) is 5.75 Å². The molecular weight excluding hydrogens is 538 g/mol. The van der Waals surface area contributed by atoms with Crippen LogP contribution in [-0.2, 0) is 26.2 Å². The van der Waals surface area contributed by atoms with Gasteiger partial charge in [0.25, 0.3) is 10.0 Å².